The topological polar surface area (TPSA) is 32.3 Å². The number of carbonyl (C=O) groups is 1. The minimum atomic E-state index is -4.37. The lowest BCUT2D eigenvalue weighted by Gasteiger charge is -2.16. The molecular formula is C13H16ClF3N2O. The van der Waals surface area contributed by atoms with Crippen LogP contribution in [0.4, 0.5) is 13.2 Å². The second kappa shape index (κ2) is 6.45. The Labute approximate surface area is 121 Å². The Morgan fingerprint density at radius 2 is 1.90 bits per heavy atom. The van der Waals surface area contributed by atoms with E-state index in [1.807, 2.05) is 7.05 Å². The van der Waals surface area contributed by atoms with E-state index in [0.29, 0.717) is 18.7 Å². The molecule has 0 aromatic heterocycles. The molecule has 0 spiro atoms. The van der Waals surface area contributed by atoms with Crippen LogP contribution < -0.4 is 5.32 Å². The van der Waals surface area contributed by atoms with Crippen molar-refractivity contribution in [2.75, 3.05) is 20.1 Å². The highest BCUT2D eigenvalue weighted by Gasteiger charge is 2.31. The van der Waals surface area contributed by atoms with Crippen LogP contribution in [-0.4, -0.2) is 37.0 Å². The van der Waals surface area contributed by atoms with E-state index >= 15 is 0 Å². The molecule has 1 aromatic carbocycles. The van der Waals surface area contributed by atoms with Gasteiger partial charge in [0.2, 0.25) is 0 Å². The SMILES string of the molecule is CN[C@@H]1CCN(C(=O)c2ccc(C(F)(F)F)cc2)C1.Cl. The van der Waals surface area contributed by atoms with Crippen molar-refractivity contribution >= 4 is 18.3 Å². The highest BCUT2D eigenvalue weighted by molar-refractivity contribution is 5.94. The van der Waals surface area contributed by atoms with Gasteiger partial charge in [-0.1, -0.05) is 0 Å². The van der Waals surface area contributed by atoms with E-state index in [2.05, 4.69) is 5.32 Å². The van der Waals surface area contributed by atoms with Crippen LogP contribution in [0.5, 0.6) is 0 Å². The van der Waals surface area contributed by atoms with Gasteiger partial charge < -0.3 is 10.2 Å². The lowest BCUT2D eigenvalue weighted by Crippen LogP contribution is -2.33. The third kappa shape index (κ3) is 3.64. The Morgan fingerprint density at radius 1 is 1.30 bits per heavy atom. The summed E-state index contributed by atoms with van der Waals surface area (Å²) in [5.74, 6) is -0.216. The van der Waals surface area contributed by atoms with Crippen LogP contribution in [0.2, 0.25) is 0 Å². The molecule has 0 bridgehead atoms. The van der Waals surface area contributed by atoms with Crippen LogP contribution in [0.3, 0.4) is 0 Å². The van der Waals surface area contributed by atoms with Gasteiger partial charge in [-0.15, -0.1) is 12.4 Å². The Bertz CT molecular complexity index is 462. The maximum absolute atomic E-state index is 12.4. The second-order valence-corrected chi connectivity index (χ2v) is 4.60. The third-order valence-electron chi connectivity index (χ3n) is 3.34. The Balaban J connectivity index is 0.00000200. The Kier molecular flexibility index (Phi) is 5.42. The molecular weight excluding hydrogens is 293 g/mol. The summed E-state index contributed by atoms with van der Waals surface area (Å²) in [6.45, 7) is 1.22. The first-order valence-corrected chi connectivity index (χ1v) is 6.05. The molecule has 20 heavy (non-hydrogen) atoms. The van der Waals surface area contributed by atoms with Crippen molar-refractivity contribution in [2.45, 2.75) is 18.6 Å². The van der Waals surface area contributed by atoms with Crippen molar-refractivity contribution in [3.05, 3.63) is 35.4 Å². The van der Waals surface area contributed by atoms with Gasteiger partial charge in [-0.2, -0.15) is 13.2 Å². The average Bonchev–Trinajstić information content (AvgIpc) is 2.86. The lowest BCUT2D eigenvalue weighted by molar-refractivity contribution is -0.137. The number of alkyl halides is 3. The molecule has 1 N–H and O–H groups in total. The van der Waals surface area contributed by atoms with E-state index in [9.17, 15) is 18.0 Å². The van der Waals surface area contributed by atoms with Crippen molar-refractivity contribution in [3.8, 4) is 0 Å². The van der Waals surface area contributed by atoms with E-state index in [1.165, 1.54) is 12.1 Å². The summed E-state index contributed by atoms with van der Waals surface area (Å²) >= 11 is 0. The second-order valence-electron chi connectivity index (χ2n) is 4.60. The van der Waals surface area contributed by atoms with E-state index in [1.54, 1.807) is 4.90 Å². The van der Waals surface area contributed by atoms with Crippen LogP contribution in [0.25, 0.3) is 0 Å². The molecule has 0 saturated carbocycles. The fourth-order valence-corrected chi connectivity index (χ4v) is 2.16. The molecule has 1 aliphatic rings. The van der Waals surface area contributed by atoms with Crippen molar-refractivity contribution < 1.29 is 18.0 Å². The van der Waals surface area contributed by atoms with Crippen LogP contribution in [0.15, 0.2) is 24.3 Å². The quantitative estimate of drug-likeness (QED) is 0.911. The third-order valence-corrected chi connectivity index (χ3v) is 3.34. The fourth-order valence-electron chi connectivity index (χ4n) is 2.16. The first kappa shape index (κ1) is 16.8. The summed E-state index contributed by atoms with van der Waals surface area (Å²) in [5.41, 5.74) is -0.441. The summed E-state index contributed by atoms with van der Waals surface area (Å²) in [4.78, 5) is 13.7. The van der Waals surface area contributed by atoms with Gasteiger partial charge in [0.25, 0.3) is 5.91 Å². The zero-order chi connectivity index (χ0) is 14.0. The predicted octanol–water partition coefficient (Wildman–Crippen LogP) is 2.56. The molecule has 112 valence electrons. The van der Waals surface area contributed by atoms with Gasteiger partial charge in [-0.25, -0.2) is 0 Å². The number of rotatable bonds is 2. The van der Waals surface area contributed by atoms with E-state index in [4.69, 9.17) is 0 Å². The molecule has 1 aromatic rings. The maximum Gasteiger partial charge on any atom is 0.416 e. The summed E-state index contributed by atoms with van der Waals surface area (Å²) in [7, 11) is 1.83. The van der Waals surface area contributed by atoms with E-state index < -0.39 is 11.7 Å². The van der Waals surface area contributed by atoms with Crippen molar-refractivity contribution in [1.29, 1.82) is 0 Å². The minimum Gasteiger partial charge on any atom is -0.337 e. The number of halogens is 4. The largest absolute Gasteiger partial charge is 0.416 e. The van der Waals surface area contributed by atoms with Crippen LogP contribution in [-0.2, 0) is 6.18 Å². The van der Waals surface area contributed by atoms with Gasteiger partial charge in [0.05, 0.1) is 5.56 Å². The minimum absolute atomic E-state index is 0. The van der Waals surface area contributed by atoms with Gasteiger partial charge >= 0.3 is 6.18 Å². The standard InChI is InChI=1S/C13H15F3N2O.ClH/c1-17-11-6-7-18(8-11)12(19)9-2-4-10(5-3-9)13(14,15)16;/h2-5,11,17H,6-8H2,1H3;1H/t11-;/m1./s1. The first-order valence-electron chi connectivity index (χ1n) is 6.05. The summed E-state index contributed by atoms with van der Waals surface area (Å²) < 4.78 is 37.2. The van der Waals surface area contributed by atoms with E-state index in [-0.39, 0.29) is 24.4 Å². The summed E-state index contributed by atoms with van der Waals surface area (Å²) in [5, 5.41) is 3.09. The number of hydrogen-bond acceptors (Lipinski definition) is 2. The molecule has 1 atom stereocenters. The lowest BCUT2D eigenvalue weighted by atomic mass is 10.1. The predicted molar refractivity (Wildman–Crippen MR) is 72.1 cm³/mol. The maximum atomic E-state index is 12.4. The highest BCUT2D eigenvalue weighted by atomic mass is 35.5. The average molecular weight is 309 g/mol. The van der Waals surface area contributed by atoms with Crippen molar-refractivity contribution in [2.24, 2.45) is 0 Å². The van der Waals surface area contributed by atoms with Crippen molar-refractivity contribution in [3.63, 3.8) is 0 Å². The number of nitrogens with one attached hydrogen (secondary N) is 1. The summed E-state index contributed by atoms with van der Waals surface area (Å²) in [6.07, 6.45) is -3.50. The molecule has 0 radical (unpaired) electrons. The highest BCUT2D eigenvalue weighted by Crippen LogP contribution is 2.29. The molecule has 0 unspecified atom stereocenters. The van der Waals surface area contributed by atoms with Crippen LogP contribution >= 0.6 is 12.4 Å². The van der Waals surface area contributed by atoms with E-state index in [0.717, 1.165) is 18.6 Å². The van der Waals surface area contributed by atoms with Gasteiger partial charge in [0.1, 0.15) is 0 Å². The number of carbonyl (C=O) groups excluding carboxylic acids is 1. The van der Waals surface area contributed by atoms with Gasteiger partial charge in [-0.05, 0) is 37.7 Å². The number of hydrogen-bond donors (Lipinski definition) is 1. The number of likely N-dealkylation sites (N-methyl/N-ethyl adjacent to an activating group) is 1. The molecule has 1 heterocycles. The zero-order valence-electron chi connectivity index (χ0n) is 10.9. The number of likely N-dealkylation sites (tertiary alicyclic amines) is 1. The molecule has 1 fully saturated rings. The van der Waals surface area contributed by atoms with Gasteiger partial charge in [-0.3, -0.25) is 4.79 Å². The summed E-state index contributed by atoms with van der Waals surface area (Å²) in [6, 6.07) is 4.62. The van der Waals surface area contributed by atoms with Crippen LogP contribution in [0.1, 0.15) is 22.3 Å². The molecule has 0 aliphatic carbocycles. The zero-order valence-corrected chi connectivity index (χ0v) is 11.7. The molecule has 1 aliphatic heterocycles. The molecule has 3 nitrogen and oxygen atoms in total. The number of benzene rings is 1. The fraction of sp³-hybridized carbons (Fsp3) is 0.462. The smallest absolute Gasteiger partial charge is 0.337 e. The number of nitrogens with zero attached hydrogens (tertiary/aromatic N) is 1. The molecule has 7 heteroatoms. The Hall–Kier alpha value is -1.27. The normalized spacial score (nSPS) is 18.8. The number of amides is 1. The van der Waals surface area contributed by atoms with Gasteiger partial charge in [0.15, 0.2) is 0 Å². The Morgan fingerprint density at radius 3 is 2.35 bits per heavy atom. The first-order chi connectivity index (χ1) is 8.91. The monoisotopic (exact) mass is 308 g/mol. The van der Waals surface area contributed by atoms with Crippen LogP contribution in [0, 0.1) is 0 Å². The van der Waals surface area contributed by atoms with Crippen molar-refractivity contribution in [1.82, 2.24) is 10.2 Å². The molecule has 2 rings (SSSR count). The molecule has 1 amide bonds. The molecule has 1 saturated heterocycles. The van der Waals surface area contributed by atoms with Gasteiger partial charge in [0, 0.05) is 24.7 Å².